The number of benzene rings is 2. The quantitative estimate of drug-likeness (QED) is 0.897. The Labute approximate surface area is 142 Å². The van der Waals surface area contributed by atoms with Crippen molar-refractivity contribution in [2.45, 2.75) is 23.2 Å². The second-order valence-electron chi connectivity index (χ2n) is 6.06. The number of amides is 2. The number of anilines is 2. The molecule has 1 fully saturated rings. The molecule has 0 aromatic heterocycles. The average molecular weight is 342 g/mol. The third-order valence-corrected chi connectivity index (χ3v) is 5.52. The van der Waals surface area contributed by atoms with E-state index in [1.54, 1.807) is 30.3 Å². The summed E-state index contributed by atoms with van der Waals surface area (Å²) in [6, 6.07) is 11.8. The molecule has 1 heterocycles. The van der Waals surface area contributed by atoms with Gasteiger partial charge in [0, 0.05) is 16.1 Å². The van der Waals surface area contributed by atoms with Crippen molar-refractivity contribution in [1.82, 2.24) is 0 Å². The van der Waals surface area contributed by atoms with Gasteiger partial charge in [0.05, 0.1) is 16.9 Å². The Morgan fingerprint density at radius 3 is 2.75 bits per heavy atom. The highest BCUT2D eigenvalue weighted by molar-refractivity contribution is 8.00. The first-order valence-corrected chi connectivity index (χ1v) is 8.70. The first-order chi connectivity index (χ1) is 11.6. The third kappa shape index (κ3) is 2.57. The number of rotatable bonds is 3. The Hall–Kier alpha value is -2.34. The number of carbonyl (C=O) groups is 2. The maximum Gasteiger partial charge on any atom is 0.235 e. The summed E-state index contributed by atoms with van der Waals surface area (Å²) in [5, 5.41) is 5.67. The molecule has 0 unspecified atom stereocenters. The summed E-state index contributed by atoms with van der Waals surface area (Å²) in [6.07, 6.45) is 1.27. The summed E-state index contributed by atoms with van der Waals surface area (Å²) >= 11 is 1.47. The number of thioether (sulfide) groups is 1. The van der Waals surface area contributed by atoms with Crippen molar-refractivity contribution in [2.24, 2.45) is 0 Å². The van der Waals surface area contributed by atoms with Crippen molar-refractivity contribution in [3.8, 4) is 0 Å². The smallest absolute Gasteiger partial charge is 0.235 e. The number of halogens is 1. The summed E-state index contributed by atoms with van der Waals surface area (Å²) in [5.41, 5.74) is 0.970. The number of nitrogens with one attached hydrogen (secondary N) is 2. The minimum Gasteiger partial charge on any atom is -0.325 e. The van der Waals surface area contributed by atoms with E-state index < -0.39 is 5.41 Å². The van der Waals surface area contributed by atoms with Crippen LogP contribution >= 0.6 is 11.8 Å². The molecule has 0 bridgehead atoms. The van der Waals surface area contributed by atoms with Crippen LogP contribution in [0.1, 0.15) is 18.4 Å². The topological polar surface area (TPSA) is 58.2 Å². The lowest BCUT2D eigenvalue weighted by Gasteiger charge is -2.19. The predicted octanol–water partition coefficient (Wildman–Crippen LogP) is 3.54. The summed E-state index contributed by atoms with van der Waals surface area (Å²) in [7, 11) is 0. The number of carbonyl (C=O) groups excluding carboxylic acids is 2. The van der Waals surface area contributed by atoms with E-state index in [9.17, 15) is 14.0 Å². The molecule has 0 atom stereocenters. The van der Waals surface area contributed by atoms with Gasteiger partial charge in [0.1, 0.15) is 5.82 Å². The molecule has 1 saturated carbocycles. The van der Waals surface area contributed by atoms with Gasteiger partial charge < -0.3 is 10.6 Å². The standard InChI is InChI=1S/C18H15FN2O2S/c19-13-4-2-1-3-12(13)18(7-8-18)17(23)20-11-5-6-15-14(9-11)21-16(22)10-24-15/h1-6,9H,7-8,10H2,(H,20,23)(H,21,22). The van der Waals surface area contributed by atoms with Gasteiger partial charge in [0.15, 0.2) is 0 Å². The largest absolute Gasteiger partial charge is 0.325 e. The fraction of sp³-hybridized carbons (Fsp3) is 0.222. The molecule has 4 rings (SSSR count). The Morgan fingerprint density at radius 1 is 1.21 bits per heavy atom. The van der Waals surface area contributed by atoms with Gasteiger partial charge in [-0.15, -0.1) is 11.8 Å². The highest BCUT2D eigenvalue weighted by Gasteiger charge is 2.52. The van der Waals surface area contributed by atoms with Crippen molar-refractivity contribution < 1.29 is 14.0 Å². The predicted molar refractivity (Wildman–Crippen MR) is 91.7 cm³/mol. The van der Waals surface area contributed by atoms with Crippen molar-refractivity contribution in [3.63, 3.8) is 0 Å². The van der Waals surface area contributed by atoms with Gasteiger partial charge >= 0.3 is 0 Å². The molecular formula is C18H15FN2O2S. The fourth-order valence-electron chi connectivity index (χ4n) is 3.00. The zero-order valence-corrected chi connectivity index (χ0v) is 13.6. The Bertz CT molecular complexity index is 849. The molecule has 6 heteroatoms. The van der Waals surface area contributed by atoms with Crippen molar-refractivity contribution in [1.29, 1.82) is 0 Å². The van der Waals surface area contributed by atoms with Crippen molar-refractivity contribution in [2.75, 3.05) is 16.4 Å². The van der Waals surface area contributed by atoms with Gasteiger partial charge in [-0.05, 0) is 37.1 Å². The first-order valence-electron chi connectivity index (χ1n) is 7.72. The second-order valence-corrected chi connectivity index (χ2v) is 7.08. The number of hydrogen-bond donors (Lipinski definition) is 2. The SMILES string of the molecule is O=C1CSc2ccc(NC(=O)C3(c4ccccc4F)CC3)cc2N1. The summed E-state index contributed by atoms with van der Waals surface area (Å²) in [4.78, 5) is 25.2. The lowest BCUT2D eigenvalue weighted by molar-refractivity contribution is -0.118. The van der Waals surface area contributed by atoms with Crippen LogP contribution in [0.5, 0.6) is 0 Å². The molecule has 24 heavy (non-hydrogen) atoms. The van der Waals surface area contributed by atoms with E-state index in [2.05, 4.69) is 10.6 Å². The van der Waals surface area contributed by atoms with Crippen LogP contribution < -0.4 is 10.6 Å². The van der Waals surface area contributed by atoms with E-state index in [0.29, 0.717) is 35.5 Å². The third-order valence-electron chi connectivity index (χ3n) is 4.44. The molecular weight excluding hydrogens is 327 g/mol. The Kier molecular flexibility index (Phi) is 3.57. The van der Waals surface area contributed by atoms with Crippen molar-refractivity contribution in [3.05, 3.63) is 53.8 Å². The molecule has 2 N–H and O–H groups in total. The maximum atomic E-state index is 14.1. The molecule has 2 aromatic carbocycles. The molecule has 122 valence electrons. The molecule has 2 aromatic rings. The van der Waals surface area contributed by atoms with Crippen LogP contribution in [-0.2, 0) is 15.0 Å². The van der Waals surface area contributed by atoms with Gasteiger partial charge in [-0.1, -0.05) is 18.2 Å². The Morgan fingerprint density at radius 2 is 2.00 bits per heavy atom. The molecule has 0 spiro atoms. The fourth-order valence-corrected chi connectivity index (χ4v) is 3.79. The van der Waals surface area contributed by atoms with Crippen LogP contribution in [0.15, 0.2) is 47.4 Å². The van der Waals surface area contributed by atoms with Gasteiger partial charge in [0.2, 0.25) is 11.8 Å². The van der Waals surface area contributed by atoms with Crippen LogP contribution in [0.3, 0.4) is 0 Å². The maximum absolute atomic E-state index is 14.1. The van der Waals surface area contributed by atoms with Crippen LogP contribution in [0.25, 0.3) is 0 Å². The Balaban J connectivity index is 1.58. The molecule has 1 aliphatic carbocycles. The van der Waals surface area contributed by atoms with Crippen LogP contribution in [0.2, 0.25) is 0 Å². The lowest BCUT2D eigenvalue weighted by atomic mass is 9.94. The molecule has 1 aliphatic heterocycles. The highest BCUT2D eigenvalue weighted by Crippen LogP contribution is 2.50. The lowest BCUT2D eigenvalue weighted by Crippen LogP contribution is -2.29. The molecule has 2 aliphatic rings. The molecule has 4 nitrogen and oxygen atoms in total. The zero-order valence-electron chi connectivity index (χ0n) is 12.8. The van der Waals surface area contributed by atoms with Gasteiger partial charge in [0.25, 0.3) is 0 Å². The van der Waals surface area contributed by atoms with E-state index in [0.717, 1.165) is 4.90 Å². The van der Waals surface area contributed by atoms with E-state index >= 15 is 0 Å². The minimum absolute atomic E-state index is 0.0546. The average Bonchev–Trinajstić information content (AvgIpc) is 3.36. The van der Waals surface area contributed by atoms with E-state index in [1.807, 2.05) is 6.07 Å². The van der Waals surface area contributed by atoms with E-state index in [1.165, 1.54) is 17.8 Å². The van der Waals surface area contributed by atoms with Crippen LogP contribution in [0.4, 0.5) is 15.8 Å². The summed E-state index contributed by atoms with van der Waals surface area (Å²) in [5.74, 6) is -0.211. The number of fused-ring (bicyclic) bond motifs is 1. The summed E-state index contributed by atoms with van der Waals surface area (Å²) in [6.45, 7) is 0. The zero-order chi connectivity index (χ0) is 16.7. The van der Waals surface area contributed by atoms with Crippen LogP contribution in [0, 0.1) is 5.82 Å². The van der Waals surface area contributed by atoms with Crippen LogP contribution in [-0.4, -0.2) is 17.6 Å². The van der Waals surface area contributed by atoms with Gasteiger partial charge in [-0.25, -0.2) is 4.39 Å². The second kappa shape index (κ2) is 5.63. The highest BCUT2D eigenvalue weighted by atomic mass is 32.2. The number of hydrogen-bond acceptors (Lipinski definition) is 3. The van der Waals surface area contributed by atoms with Crippen molar-refractivity contribution >= 4 is 35.0 Å². The molecule has 0 saturated heterocycles. The molecule has 2 amide bonds. The normalized spacial score (nSPS) is 17.6. The monoisotopic (exact) mass is 342 g/mol. The van der Waals surface area contributed by atoms with Gasteiger partial charge in [-0.2, -0.15) is 0 Å². The summed E-state index contributed by atoms with van der Waals surface area (Å²) < 4.78 is 14.1. The minimum atomic E-state index is -0.779. The van der Waals surface area contributed by atoms with Gasteiger partial charge in [-0.3, -0.25) is 9.59 Å². The van der Waals surface area contributed by atoms with E-state index in [-0.39, 0.29) is 17.6 Å². The molecule has 0 radical (unpaired) electrons. The first kappa shape index (κ1) is 15.2. The van der Waals surface area contributed by atoms with E-state index in [4.69, 9.17) is 0 Å².